The molecule has 1 amide bonds. The molecular weight excluding hydrogens is 346 g/mol. The third kappa shape index (κ3) is 4.36. The van der Waals surface area contributed by atoms with Crippen LogP contribution in [0, 0.1) is 0 Å². The fourth-order valence-electron chi connectivity index (χ4n) is 1.89. The Kier molecular flexibility index (Phi) is 5.61. The van der Waals surface area contributed by atoms with Crippen molar-refractivity contribution in [2.45, 2.75) is 0 Å². The van der Waals surface area contributed by atoms with Crippen LogP contribution in [0.2, 0.25) is 0 Å². The quantitative estimate of drug-likeness (QED) is 0.814. The number of carbonyl (C=O) groups is 1. The van der Waals surface area contributed by atoms with E-state index >= 15 is 0 Å². The molecular formula is C17H16BrNO3. The zero-order chi connectivity index (χ0) is 15.9. The molecule has 0 fully saturated rings. The number of methoxy groups -OCH3 is 2. The molecule has 0 aliphatic heterocycles. The van der Waals surface area contributed by atoms with Crippen LogP contribution in [-0.2, 0) is 4.79 Å². The molecule has 0 heterocycles. The molecule has 0 saturated carbocycles. The molecule has 2 aromatic carbocycles. The second-order valence-corrected chi connectivity index (χ2v) is 5.36. The van der Waals surface area contributed by atoms with Crippen LogP contribution in [0.15, 0.2) is 53.0 Å². The number of halogens is 1. The molecule has 0 aromatic heterocycles. The van der Waals surface area contributed by atoms with Gasteiger partial charge in [0, 0.05) is 27.9 Å². The SMILES string of the molecule is COc1cccc(NC(=O)C=Cc2cc(Br)ccc2OC)c1. The van der Waals surface area contributed by atoms with Crippen molar-refractivity contribution in [2.75, 3.05) is 19.5 Å². The minimum Gasteiger partial charge on any atom is -0.497 e. The Labute approximate surface area is 137 Å². The Balaban J connectivity index is 2.09. The van der Waals surface area contributed by atoms with Gasteiger partial charge < -0.3 is 14.8 Å². The van der Waals surface area contributed by atoms with Gasteiger partial charge in [-0.2, -0.15) is 0 Å². The third-order valence-corrected chi connectivity index (χ3v) is 3.44. The number of hydrogen-bond donors (Lipinski definition) is 1. The minimum atomic E-state index is -0.227. The van der Waals surface area contributed by atoms with E-state index in [4.69, 9.17) is 9.47 Å². The van der Waals surface area contributed by atoms with Gasteiger partial charge in [-0.05, 0) is 36.4 Å². The summed E-state index contributed by atoms with van der Waals surface area (Å²) in [5.74, 6) is 1.17. The van der Waals surface area contributed by atoms with Crippen molar-refractivity contribution in [1.82, 2.24) is 0 Å². The summed E-state index contributed by atoms with van der Waals surface area (Å²) in [6.45, 7) is 0. The molecule has 114 valence electrons. The molecule has 0 unspecified atom stereocenters. The largest absolute Gasteiger partial charge is 0.497 e. The number of carbonyl (C=O) groups excluding carboxylic acids is 1. The predicted octanol–water partition coefficient (Wildman–Crippen LogP) is 4.12. The summed E-state index contributed by atoms with van der Waals surface area (Å²) in [6.07, 6.45) is 3.17. The highest BCUT2D eigenvalue weighted by Crippen LogP contribution is 2.24. The second-order valence-electron chi connectivity index (χ2n) is 4.44. The maximum atomic E-state index is 12.0. The first kappa shape index (κ1) is 16.1. The summed E-state index contributed by atoms with van der Waals surface area (Å²) in [7, 11) is 3.18. The van der Waals surface area contributed by atoms with Crippen molar-refractivity contribution in [3.05, 3.63) is 58.6 Å². The van der Waals surface area contributed by atoms with E-state index in [-0.39, 0.29) is 5.91 Å². The van der Waals surface area contributed by atoms with Crippen LogP contribution in [0.3, 0.4) is 0 Å². The van der Waals surface area contributed by atoms with E-state index in [1.54, 1.807) is 32.4 Å². The highest BCUT2D eigenvalue weighted by atomic mass is 79.9. The number of amides is 1. The van der Waals surface area contributed by atoms with E-state index in [9.17, 15) is 4.79 Å². The Morgan fingerprint density at radius 1 is 1.14 bits per heavy atom. The average Bonchev–Trinajstić information content (AvgIpc) is 2.53. The van der Waals surface area contributed by atoms with Gasteiger partial charge in [-0.1, -0.05) is 22.0 Å². The van der Waals surface area contributed by atoms with E-state index in [1.165, 1.54) is 6.08 Å². The summed E-state index contributed by atoms with van der Waals surface area (Å²) in [5.41, 5.74) is 1.49. The number of nitrogens with one attached hydrogen (secondary N) is 1. The van der Waals surface area contributed by atoms with Crippen LogP contribution in [-0.4, -0.2) is 20.1 Å². The number of anilines is 1. The van der Waals surface area contributed by atoms with Crippen molar-refractivity contribution in [1.29, 1.82) is 0 Å². The van der Waals surface area contributed by atoms with Gasteiger partial charge in [0.15, 0.2) is 0 Å². The first-order valence-corrected chi connectivity index (χ1v) is 7.38. The van der Waals surface area contributed by atoms with E-state index in [1.807, 2.05) is 30.3 Å². The molecule has 0 bridgehead atoms. The fourth-order valence-corrected chi connectivity index (χ4v) is 2.26. The molecule has 1 N–H and O–H groups in total. The average molecular weight is 362 g/mol. The maximum absolute atomic E-state index is 12.0. The zero-order valence-corrected chi connectivity index (χ0v) is 13.9. The predicted molar refractivity (Wildman–Crippen MR) is 91.4 cm³/mol. The molecule has 2 rings (SSSR count). The van der Waals surface area contributed by atoms with Gasteiger partial charge in [-0.3, -0.25) is 4.79 Å². The lowest BCUT2D eigenvalue weighted by atomic mass is 10.2. The lowest BCUT2D eigenvalue weighted by Crippen LogP contribution is -2.07. The highest BCUT2D eigenvalue weighted by molar-refractivity contribution is 9.10. The van der Waals surface area contributed by atoms with Crippen LogP contribution in [0.5, 0.6) is 11.5 Å². The van der Waals surface area contributed by atoms with Crippen LogP contribution < -0.4 is 14.8 Å². The van der Waals surface area contributed by atoms with E-state index < -0.39 is 0 Å². The Morgan fingerprint density at radius 2 is 1.95 bits per heavy atom. The second kappa shape index (κ2) is 7.66. The Bertz CT molecular complexity index is 698. The normalized spacial score (nSPS) is 10.5. The van der Waals surface area contributed by atoms with Crippen LogP contribution in [0.25, 0.3) is 6.08 Å². The van der Waals surface area contributed by atoms with Gasteiger partial charge in [0.1, 0.15) is 11.5 Å². The van der Waals surface area contributed by atoms with Crippen LogP contribution in [0.4, 0.5) is 5.69 Å². The number of hydrogen-bond acceptors (Lipinski definition) is 3. The lowest BCUT2D eigenvalue weighted by Gasteiger charge is -2.06. The van der Waals surface area contributed by atoms with E-state index in [0.29, 0.717) is 17.2 Å². The highest BCUT2D eigenvalue weighted by Gasteiger charge is 2.03. The van der Waals surface area contributed by atoms with Crippen molar-refractivity contribution in [3.8, 4) is 11.5 Å². The van der Waals surface area contributed by atoms with Gasteiger partial charge in [0.2, 0.25) is 5.91 Å². The summed E-state index contributed by atoms with van der Waals surface area (Å²) in [5, 5.41) is 2.78. The van der Waals surface area contributed by atoms with Gasteiger partial charge in [-0.15, -0.1) is 0 Å². The minimum absolute atomic E-state index is 0.227. The first-order valence-electron chi connectivity index (χ1n) is 6.59. The van der Waals surface area contributed by atoms with E-state index in [2.05, 4.69) is 21.2 Å². The standard InChI is InChI=1S/C17H16BrNO3/c1-21-15-5-3-4-14(11-15)19-17(20)9-6-12-10-13(18)7-8-16(12)22-2/h3-11H,1-2H3,(H,19,20). The van der Waals surface area contributed by atoms with Gasteiger partial charge in [0.05, 0.1) is 14.2 Å². The molecule has 0 saturated heterocycles. The third-order valence-electron chi connectivity index (χ3n) is 2.94. The Hall–Kier alpha value is -2.27. The first-order chi connectivity index (χ1) is 10.6. The zero-order valence-electron chi connectivity index (χ0n) is 12.3. The molecule has 0 aliphatic rings. The fraction of sp³-hybridized carbons (Fsp3) is 0.118. The van der Waals surface area contributed by atoms with Crippen molar-refractivity contribution in [2.24, 2.45) is 0 Å². The molecule has 0 aliphatic carbocycles. The lowest BCUT2D eigenvalue weighted by molar-refractivity contribution is -0.111. The topological polar surface area (TPSA) is 47.6 Å². The van der Waals surface area contributed by atoms with Gasteiger partial charge >= 0.3 is 0 Å². The Morgan fingerprint density at radius 3 is 2.68 bits per heavy atom. The monoisotopic (exact) mass is 361 g/mol. The summed E-state index contributed by atoms with van der Waals surface area (Å²) in [6, 6.07) is 12.8. The van der Waals surface area contributed by atoms with Crippen LogP contribution in [0.1, 0.15) is 5.56 Å². The van der Waals surface area contributed by atoms with E-state index in [0.717, 1.165) is 10.0 Å². The molecule has 0 radical (unpaired) electrons. The van der Waals surface area contributed by atoms with Crippen molar-refractivity contribution in [3.63, 3.8) is 0 Å². The smallest absolute Gasteiger partial charge is 0.248 e. The molecule has 0 atom stereocenters. The number of ether oxygens (including phenoxy) is 2. The van der Waals surface area contributed by atoms with Crippen LogP contribution >= 0.6 is 15.9 Å². The van der Waals surface area contributed by atoms with Gasteiger partial charge in [0.25, 0.3) is 0 Å². The molecule has 22 heavy (non-hydrogen) atoms. The number of benzene rings is 2. The maximum Gasteiger partial charge on any atom is 0.248 e. The molecule has 2 aromatic rings. The molecule has 0 spiro atoms. The molecule has 4 nitrogen and oxygen atoms in total. The summed E-state index contributed by atoms with van der Waals surface area (Å²) in [4.78, 5) is 12.0. The summed E-state index contributed by atoms with van der Waals surface area (Å²) >= 11 is 3.40. The molecule has 5 heteroatoms. The van der Waals surface area contributed by atoms with Gasteiger partial charge in [-0.25, -0.2) is 0 Å². The number of rotatable bonds is 5. The van der Waals surface area contributed by atoms with Crippen molar-refractivity contribution >= 4 is 33.6 Å². The van der Waals surface area contributed by atoms with Crippen molar-refractivity contribution < 1.29 is 14.3 Å². The summed E-state index contributed by atoms with van der Waals surface area (Å²) < 4.78 is 11.3.